The van der Waals surface area contributed by atoms with Crippen LogP contribution in [-0.2, 0) is 24.3 Å². The van der Waals surface area contributed by atoms with Crippen LogP contribution in [0, 0.1) is 0 Å². The Morgan fingerprint density at radius 3 is 2.65 bits per heavy atom. The molecular weight excluding hydrogens is 462 g/mol. The fraction of sp³-hybridized carbons (Fsp3) is 0.290. The average molecular weight is 496 g/mol. The van der Waals surface area contributed by atoms with E-state index in [0.717, 1.165) is 58.9 Å². The lowest BCUT2D eigenvalue weighted by atomic mass is 10.1. The van der Waals surface area contributed by atoms with Gasteiger partial charge in [-0.25, -0.2) is 4.98 Å². The number of aryl methyl sites for hydroxylation is 1. The van der Waals surface area contributed by atoms with Crippen molar-refractivity contribution in [2.75, 3.05) is 20.3 Å². The number of amides is 1. The molecular formula is C31H33N3O3. The number of rotatable bonds is 11. The van der Waals surface area contributed by atoms with Crippen LogP contribution < -0.4 is 9.47 Å². The number of likely N-dealkylation sites (tertiary alicyclic amines) is 1. The van der Waals surface area contributed by atoms with Crippen molar-refractivity contribution in [2.45, 2.75) is 38.3 Å². The second-order valence-electron chi connectivity index (χ2n) is 9.45. The summed E-state index contributed by atoms with van der Waals surface area (Å²) in [6, 6.07) is 24.4. The highest BCUT2D eigenvalue weighted by Gasteiger charge is 2.33. The maximum absolute atomic E-state index is 12.9. The maximum Gasteiger partial charge on any atom is 0.223 e. The number of hydrogen-bond acceptors (Lipinski definition) is 4. The first-order valence-corrected chi connectivity index (χ1v) is 12.8. The minimum atomic E-state index is 0.0713. The molecule has 1 fully saturated rings. The van der Waals surface area contributed by atoms with Gasteiger partial charge >= 0.3 is 0 Å². The highest BCUT2D eigenvalue weighted by molar-refractivity contribution is 5.81. The van der Waals surface area contributed by atoms with Crippen LogP contribution in [0.25, 0.3) is 11.0 Å². The molecule has 5 rings (SSSR count). The van der Waals surface area contributed by atoms with Crippen LogP contribution in [0.2, 0.25) is 0 Å². The summed E-state index contributed by atoms with van der Waals surface area (Å²) < 4.78 is 13.9. The monoisotopic (exact) mass is 495 g/mol. The van der Waals surface area contributed by atoms with E-state index in [-0.39, 0.29) is 11.8 Å². The van der Waals surface area contributed by atoms with Crippen molar-refractivity contribution in [2.24, 2.45) is 0 Å². The Morgan fingerprint density at radius 1 is 1.03 bits per heavy atom. The normalized spacial score (nSPS) is 15.3. The summed E-state index contributed by atoms with van der Waals surface area (Å²) >= 11 is 0. The number of carbonyl (C=O) groups is 1. The van der Waals surface area contributed by atoms with Gasteiger partial charge in [0.1, 0.15) is 5.82 Å². The van der Waals surface area contributed by atoms with Crippen LogP contribution in [0.4, 0.5) is 0 Å². The van der Waals surface area contributed by atoms with Gasteiger partial charge in [0.2, 0.25) is 5.91 Å². The first kappa shape index (κ1) is 24.6. The summed E-state index contributed by atoms with van der Waals surface area (Å²) in [6.45, 7) is 6.43. The van der Waals surface area contributed by atoms with E-state index in [1.807, 2.05) is 65.6 Å². The van der Waals surface area contributed by atoms with Crippen LogP contribution in [0.15, 0.2) is 85.5 Å². The molecule has 1 amide bonds. The van der Waals surface area contributed by atoms with E-state index in [2.05, 4.69) is 29.3 Å². The topological polar surface area (TPSA) is 56.6 Å². The number of hydrogen-bond donors (Lipinski definition) is 0. The Balaban J connectivity index is 1.28. The molecule has 0 radical (unpaired) electrons. The molecule has 1 aliphatic rings. The van der Waals surface area contributed by atoms with Gasteiger partial charge in [0.25, 0.3) is 0 Å². The van der Waals surface area contributed by atoms with Crippen molar-refractivity contribution in [1.29, 1.82) is 0 Å². The molecule has 1 atom stereocenters. The number of fused-ring (bicyclic) bond motifs is 1. The van der Waals surface area contributed by atoms with Gasteiger partial charge in [0, 0.05) is 32.0 Å². The Hall–Kier alpha value is -4.06. The van der Waals surface area contributed by atoms with E-state index in [9.17, 15) is 4.79 Å². The minimum Gasteiger partial charge on any atom is -0.493 e. The fourth-order valence-corrected chi connectivity index (χ4v) is 5.07. The smallest absolute Gasteiger partial charge is 0.223 e. The molecule has 0 spiro atoms. The molecule has 0 saturated carbocycles. The first-order valence-electron chi connectivity index (χ1n) is 12.8. The summed E-state index contributed by atoms with van der Waals surface area (Å²) in [4.78, 5) is 19.8. The van der Waals surface area contributed by atoms with Crippen LogP contribution in [-0.4, -0.2) is 40.6 Å². The average Bonchev–Trinajstić information content (AvgIpc) is 3.48. The zero-order valence-electron chi connectivity index (χ0n) is 21.3. The Labute approximate surface area is 218 Å². The molecule has 1 saturated heterocycles. The van der Waals surface area contributed by atoms with Crippen molar-refractivity contribution in [3.8, 4) is 11.5 Å². The lowest BCUT2D eigenvalue weighted by Gasteiger charge is -2.17. The number of imidazole rings is 1. The molecule has 0 aliphatic carbocycles. The molecule has 6 heteroatoms. The fourth-order valence-electron chi connectivity index (χ4n) is 5.07. The number of carbonyl (C=O) groups excluding carboxylic acids is 1. The molecule has 1 aromatic heterocycles. The maximum atomic E-state index is 12.9. The van der Waals surface area contributed by atoms with Gasteiger partial charge in [0.05, 0.1) is 24.8 Å². The molecule has 2 heterocycles. The quantitative estimate of drug-likeness (QED) is 0.196. The molecule has 4 aromatic rings. The Morgan fingerprint density at radius 2 is 1.84 bits per heavy atom. The van der Waals surface area contributed by atoms with Gasteiger partial charge in [-0.3, -0.25) is 4.79 Å². The standard InChI is InChI=1S/C31H33N3O3/c1-3-10-23-15-16-28(29(19-23)36-2)37-18-9-17-34-27-14-8-7-13-26(27)32-31(34)25-20-30(35)33(22-25)21-24-11-5-4-6-12-24/h3-8,11-16,19,25H,1,9-10,17-18,20-22H2,2H3. The Kier molecular flexibility index (Phi) is 7.54. The number of benzene rings is 3. The largest absolute Gasteiger partial charge is 0.493 e. The molecule has 3 aromatic carbocycles. The predicted octanol–water partition coefficient (Wildman–Crippen LogP) is 5.76. The highest BCUT2D eigenvalue weighted by atomic mass is 16.5. The molecule has 1 aliphatic heterocycles. The number of aromatic nitrogens is 2. The molecule has 6 nitrogen and oxygen atoms in total. The third-order valence-electron chi connectivity index (χ3n) is 6.87. The van der Waals surface area contributed by atoms with Crippen molar-refractivity contribution in [3.05, 3.63) is 102 Å². The van der Waals surface area contributed by atoms with Crippen molar-refractivity contribution >= 4 is 16.9 Å². The summed E-state index contributed by atoms with van der Waals surface area (Å²) in [5, 5.41) is 0. The Bertz CT molecular complexity index is 1380. The molecule has 37 heavy (non-hydrogen) atoms. The second kappa shape index (κ2) is 11.3. The van der Waals surface area contributed by atoms with Gasteiger partial charge < -0.3 is 18.9 Å². The van der Waals surface area contributed by atoms with Crippen LogP contribution >= 0.6 is 0 Å². The minimum absolute atomic E-state index is 0.0713. The van der Waals surface area contributed by atoms with E-state index in [4.69, 9.17) is 14.5 Å². The summed E-state index contributed by atoms with van der Waals surface area (Å²) in [6.07, 6.45) is 3.96. The van der Waals surface area contributed by atoms with Gasteiger partial charge in [-0.1, -0.05) is 54.6 Å². The highest BCUT2D eigenvalue weighted by Crippen LogP contribution is 2.32. The number of methoxy groups -OCH3 is 1. The van der Waals surface area contributed by atoms with E-state index < -0.39 is 0 Å². The zero-order valence-corrected chi connectivity index (χ0v) is 21.3. The van der Waals surface area contributed by atoms with Crippen molar-refractivity contribution in [1.82, 2.24) is 14.5 Å². The van der Waals surface area contributed by atoms with Gasteiger partial charge in [-0.05, 0) is 48.2 Å². The number of nitrogens with zero attached hydrogens (tertiary/aromatic N) is 3. The molecule has 0 N–H and O–H groups in total. The van der Waals surface area contributed by atoms with Gasteiger partial charge in [-0.2, -0.15) is 0 Å². The van der Waals surface area contributed by atoms with Crippen LogP contribution in [0.1, 0.15) is 35.7 Å². The van der Waals surface area contributed by atoms with Gasteiger partial charge in [-0.15, -0.1) is 6.58 Å². The number of allylic oxidation sites excluding steroid dienone is 1. The summed E-state index contributed by atoms with van der Waals surface area (Å²) in [7, 11) is 1.66. The third-order valence-corrected chi connectivity index (χ3v) is 6.87. The van der Waals surface area contributed by atoms with E-state index in [1.165, 1.54) is 0 Å². The molecule has 0 bridgehead atoms. The number of para-hydroxylation sites is 2. The SMILES string of the molecule is C=CCc1ccc(OCCCn2c(C3CC(=O)N(Cc4ccccc4)C3)nc3ccccc32)c(OC)c1. The molecule has 1 unspecified atom stereocenters. The summed E-state index contributed by atoms with van der Waals surface area (Å²) in [5.74, 6) is 2.71. The van der Waals surface area contributed by atoms with Crippen LogP contribution in [0.3, 0.4) is 0 Å². The van der Waals surface area contributed by atoms with Gasteiger partial charge in [0.15, 0.2) is 11.5 Å². The van der Waals surface area contributed by atoms with Crippen LogP contribution in [0.5, 0.6) is 11.5 Å². The first-order chi connectivity index (χ1) is 18.2. The van der Waals surface area contributed by atoms with E-state index in [1.54, 1.807) is 7.11 Å². The lowest BCUT2D eigenvalue weighted by Crippen LogP contribution is -2.24. The third kappa shape index (κ3) is 5.53. The summed E-state index contributed by atoms with van der Waals surface area (Å²) in [5.41, 5.74) is 4.35. The predicted molar refractivity (Wildman–Crippen MR) is 146 cm³/mol. The lowest BCUT2D eigenvalue weighted by molar-refractivity contribution is -0.128. The number of ether oxygens (including phenoxy) is 2. The van der Waals surface area contributed by atoms with Crippen molar-refractivity contribution in [3.63, 3.8) is 0 Å². The second-order valence-corrected chi connectivity index (χ2v) is 9.45. The molecule has 190 valence electrons. The van der Waals surface area contributed by atoms with Crippen molar-refractivity contribution < 1.29 is 14.3 Å². The zero-order chi connectivity index (χ0) is 25.6. The van der Waals surface area contributed by atoms with E-state index in [0.29, 0.717) is 26.1 Å². The van der Waals surface area contributed by atoms with E-state index >= 15 is 0 Å².